The maximum absolute atomic E-state index is 13.2. The van der Waals surface area contributed by atoms with E-state index < -0.39 is 29.6 Å². The Morgan fingerprint density at radius 1 is 1.30 bits per heavy atom. The molecule has 1 aromatic carbocycles. The van der Waals surface area contributed by atoms with Gasteiger partial charge in [-0.1, -0.05) is 38.1 Å². The highest BCUT2D eigenvalue weighted by Gasteiger charge is 2.40. The number of amides is 3. The molecule has 0 spiro atoms. The fraction of sp³-hybridized carbons (Fsp3) is 0.538. The third-order valence-electron chi connectivity index (χ3n) is 6.45. The van der Waals surface area contributed by atoms with E-state index in [2.05, 4.69) is 10.3 Å². The summed E-state index contributed by atoms with van der Waals surface area (Å²) in [6.45, 7) is 6.47. The average Bonchev–Trinajstić information content (AvgIpc) is 3.45. The first-order valence-electron chi connectivity index (χ1n) is 12.4. The zero-order chi connectivity index (χ0) is 27.2. The van der Waals surface area contributed by atoms with Crippen LogP contribution < -0.4 is 16.8 Å². The summed E-state index contributed by atoms with van der Waals surface area (Å²) >= 11 is 1.58. The highest BCUT2D eigenvalue weighted by Crippen LogP contribution is 2.31. The number of rotatable bonds is 12. The largest absolute Gasteiger partial charge is 0.391 e. The summed E-state index contributed by atoms with van der Waals surface area (Å²) in [6.07, 6.45) is -1.17. The number of ether oxygens (including phenoxy) is 1. The Morgan fingerprint density at radius 2 is 2.00 bits per heavy atom. The van der Waals surface area contributed by atoms with E-state index in [4.69, 9.17) is 16.2 Å². The highest BCUT2D eigenvalue weighted by atomic mass is 32.1. The number of aromatic nitrogens is 1. The minimum atomic E-state index is -0.860. The Bertz CT molecular complexity index is 1090. The van der Waals surface area contributed by atoms with Gasteiger partial charge in [0, 0.05) is 32.5 Å². The van der Waals surface area contributed by atoms with E-state index in [1.165, 1.54) is 4.90 Å². The molecule has 10 nitrogen and oxygen atoms in total. The molecule has 0 saturated carbocycles. The molecular weight excluding hydrogens is 494 g/mol. The second kappa shape index (κ2) is 12.6. The predicted molar refractivity (Wildman–Crippen MR) is 141 cm³/mol. The lowest BCUT2D eigenvalue weighted by Gasteiger charge is -2.31. The van der Waals surface area contributed by atoms with Crippen molar-refractivity contribution >= 4 is 29.1 Å². The minimum Gasteiger partial charge on any atom is -0.391 e. The van der Waals surface area contributed by atoms with Crippen molar-refractivity contribution in [1.29, 1.82) is 0 Å². The van der Waals surface area contributed by atoms with Crippen molar-refractivity contribution in [3.63, 3.8) is 0 Å². The lowest BCUT2D eigenvalue weighted by Crippen LogP contribution is -2.47. The number of aliphatic hydroxyl groups excluding tert-OH is 1. The van der Waals surface area contributed by atoms with Crippen LogP contribution in [0.2, 0.25) is 0 Å². The minimum absolute atomic E-state index is 0.0672. The van der Waals surface area contributed by atoms with Crippen molar-refractivity contribution in [1.82, 2.24) is 15.2 Å². The van der Waals surface area contributed by atoms with Crippen LogP contribution in [0.4, 0.5) is 0 Å². The first kappa shape index (κ1) is 28.7. The van der Waals surface area contributed by atoms with E-state index in [0.29, 0.717) is 6.54 Å². The second-order valence-electron chi connectivity index (χ2n) is 10.2. The molecule has 3 rings (SSSR count). The summed E-state index contributed by atoms with van der Waals surface area (Å²) in [7, 11) is 0. The molecule has 2 heterocycles. The quantitative estimate of drug-likeness (QED) is 0.321. The number of nitrogens with two attached hydrogens (primary N) is 2. The lowest BCUT2D eigenvalue weighted by molar-refractivity contribution is -0.141. The van der Waals surface area contributed by atoms with E-state index in [1.807, 2.05) is 50.5 Å². The van der Waals surface area contributed by atoms with Gasteiger partial charge in [0.2, 0.25) is 17.7 Å². The third-order valence-corrected chi connectivity index (χ3v) is 7.43. The fourth-order valence-electron chi connectivity index (χ4n) is 4.53. The maximum atomic E-state index is 13.2. The molecule has 1 unspecified atom stereocenters. The van der Waals surface area contributed by atoms with Crippen LogP contribution in [0.5, 0.6) is 0 Å². The van der Waals surface area contributed by atoms with Crippen LogP contribution in [0.25, 0.3) is 10.4 Å². The predicted octanol–water partition coefficient (Wildman–Crippen LogP) is 1.33. The number of benzene rings is 1. The summed E-state index contributed by atoms with van der Waals surface area (Å²) in [5, 5.41) is 13.1. The van der Waals surface area contributed by atoms with Crippen molar-refractivity contribution in [2.75, 3.05) is 19.7 Å². The standard InChI is InChI=1S/C26H37N5O5S/c1-16-23(37-15-30-16)18-6-4-17(5-7-18)13-29-25(35)20-10-19(32)14-31(20)22(33)12-26(2,3)11-21(24(28)34)36-9-8-27/h4-7,15,19-21,32H,8-14,27H2,1-3H3,(H2,28,34)(H,29,35)/t19-,20+,21?/m1/s1. The SMILES string of the molecule is Cc1ncsc1-c1ccc(CNC(=O)[C@@H]2C[C@@H](O)CN2C(=O)CC(C)(C)CC(OCCN)C(N)=O)cc1. The highest BCUT2D eigenvalue weighted by molar-refractivity contribution is 7.13. The van der Waals surface area contributed by atoms with E-state index in [1.54, 1.807) is 11.3 Å². The average molecular weight is 532 g/mol. The van der Waals surface area contributed by atoms with Crippen LogP contribution in [0.1, 0.15) is 44.4 Å². The molecule has 1 fully saturated rings. The number of thiazole rings is 1. The molecule has 37 heavy (non-hydrogen) atoms. The molecule has 0 aliphatic carbocycles. The topological polar surface area (TPSA) is 161 Å². The lowest BCUT2D eigenvalue weighted by atomic mass is 9.82. The molecule has 2 aromatic rings. The molecule has 202 valence electrons. The summed E-state index contributed by atoms with van der Waals surface area (Å²) in [6, 6.07) is 7.13. The Labute approximate surface area is 221 Å². The molecule has 3 atom stereocenters. The van der Waals surface area contributed by atoms with Gasteiger partial charge >= 0.3 is 0 Å². The molecule has 3 amide bonds. The van der Waals surface area contributed by atoms with Gasteiger partial charge in [-0.3, -0.25) is 14.4 Å². The van der Waals surface area contributed by atoms with Gasteiger partial charge in [0.1, 0.15) is 12.1 Å². The molecule has 11 heteroatoms. The van der Waals surface area contributed by atoms with E-state index in [-0.39, 0.29) is 50.8 Å². The van der Waals surface area contributed by atoms with Gasteiger partial charge in [-0.05, 0) is 29.9 Å². The van der Waals surface area contributed by atoms with Crippen molar-refractivity contribution in [3.05, 3.63) is 41.0 Å². The van der Waals surface area contributed by atoms with Crippen LogP contribution in [-0.4, -0.2) is 70.7 Å². The van der Waals surface area contributed by atoms with Gasteiger partial charge in [-0.15, -0.1) is 11.3 Å². The number of hydrogen-bond donors (Lipinski definition) is 4. The number of nitrogens with one attached hydrogen (secondary N) is 1. The summed E-state index contributed by atoms with van der Waals surface area (Å²) in [5.74, 6) is -1.20. The number of nitrogens with zero attached hydrogens (tertiary/aromatic N) is 2. The van der Waals surface area contributed by atoms with Crippen LogP contribution in [0, 0.1) is 12.3 Å². The van der Waals surface area contributed by atoms with Gasteiger partial charge < -0.3 is 31.5 Å². The monoisotopic (exact) mass is 531 g/mol. The van der Waals surface area contributed by atoms with Crippen molar-refractivity contribution < 1.29 is 24.2 Å². The van der Waals surface area contributed by atoms with Crippen LogP contribution in [0.15, 0.2) is 29.8 Å². The first-order valence-corrected chi connectivity index (χ1v) is 13.2. The van der Waals surface area contributed by atoms with Crippen molar-refractivity contribution in [2.45, 2.75) is 64.8 Å². The molecule has 1 saturated heterocycles. The zero-order valence-electron chi connectivity index (χ0n) is 21.6. The summed E-state index contributed by atoms with van der Waals surface area (Å²) in [5.41, 5.74) is 15.1. The van der Waals surface area contributed by atoms with Crippen LogP contribution in [-0.2, 0) is 25.7 Å². The van der Waals surface area contributed by atoms with E-state index in [0.717, 1.165) is 21.7 Å². The maximum Gasteiger partial charge on any atom is 0.246 e. The summed E-state index contributed by atoms with van der Waals surface area (Å²) < 4.78 is 5.45. The Kier molecular flexibility index (Phi) is 9.77. The first-order chi connectivity index (χ1) is 17.5. The number of aryl methyl sites for hydroxylation is 1. The van der Waals surface area contributed by atoms with Gasteiger partial charge in [-0.25, -0.2) is 4.98 Å². The Balaban J connectivity index is 1.59. The van der Waals surface area contributed by atoms with E-state index in [9.17, 15) is 19.5 Å². The fourth-order valence-corrected chi connectivity index (χ4v) is 5.35. The summed E-state index contributed by atoms with van der Waals surface area (Å²) in [4.78, 5) is 44.8. The van der Waals surface area contributed by atoms with Crippen LogP contribution >= 0.6 is 11.3 Å². The van der Waals surface area contributed by atoms with Crippen LogP contribution in [0.3, 0.4) is 0 Å². The zero-order valence-corrected chi connectivity index (χ0v) is 22.4. The number of likely N-dealkylation sites (tertiary alicyclic amines) is 1. The van der Waals surface area contributed by atoms with Gasteiger partial charge in [-0.2, -0.15) is 0 Å². The number of aliphatic hydroxyl groups is 1. The molecule has 1 aromatic heterocycles. The third kappa shape index (κ3) is 7.81. The van der Waals surface area contributed by atoms with Crippen molar-refractivity contribution in [3.8, 4) is 10.4 Å². The number of primary amides is 1. The van der Waals surface area contributed by atoms with E-state index >= 15 is 0 Å². The Morgan fingerprint density at radius 3 is 2.59 bits per heavy atom. The number of hydrogen-bond acceptors (Lipinski definition) is 8. The van der Waals surface area contributed by atoms with Gasteiger partial charge in [0.05, 0.1) is 28.8 Å². The number of carbonyl (C=O) groups is 3. The Hall–Kier alpha value is -2.86. The molecule has 6 N–H and O–H groups in total. The number of carbonyl (C=O) groups excluding carboxylic acids is 3. The number of β-amino-alcohol motifs (C(OH)–C–C–N with tert-alkyl or cyclic N) is 1. The molecule has 1 aliphatic rings. The molecule has 0 radical (unpaired) electrons. The molecule has 0 bridgehead atoms. The van der Waals surface area contributed by atoms with Crippen molar-refractivity contribution in [2.24, 2.45) is 16.9 Å². The second-order valence-corrected chi connectivity index (χ2v) is 11.1. The molecule has 1 aliphatic heterocycles. The normalized spacial score (nSPS) is 18.6. The van der Waals surface area contributed by atoms with Gasteiger partial charge in [0.25, 0.3) is 0 Å². The molecular formula is C26H37N5O5S. The van der Waals surface area contributed by atoms with Gasteiger partial charge in [0.15, 0.2) is 0 Å². The smallest absolute Gasteiger partial charge is 0.246 e.